The van der Waals surface area contributed by atoms with Crippen molar-refractivity contribution in [3.8, 4) is 0 Å². The number of para-hydroxylation sites is 1. The van der Waals surface area contributed by atoms with Crippen molar-refractivity contribution in [1.29, 1.82) is 0 Å². The average molecular weight is 292 g/mol. The first kappa shape index (κ1) is 14.9. The van der Waals surface area contributed by atoms with Crippen molar-refractivity contribution in [2.75, 3.05) is 25.0 Å². The fourth-order valence-electron chi connectivity index (χ4n) is 2.30. The molecule has 1 fully saturated rings. The highest BCUT2D eigenvalue weighted by atomic mass is 16.6. The van der Waals surface area contributed by atoms with Crippen molar-refractivity contribution in [2.24, 2.45) is 0 Å². The van der Waals surface area contributed by atoms with Crippen LogP contribution in [0.1, 0.15) is 12.5 Å². The van der Waals surface area contributed by atoms with Gasteiger partial charge in [0.1, 0.15) is 5.69 Å². The number of nitrogens with one attached hydrogen (secondary N) is 2. The molecule has 21 heavy (non-hydrogen) atoms. The first-order valence-corrected chi connectivity index (χ1v) is 6.56. The van der Waals surface area contributed by atoms with E-state index in [1.165, 1.54) is 6.07 Å². The molecule has 1 aromatic carbocycles. The quantitative estimate of drug-likeness (QED) is 0.465. The summed E-state index contributed by atoms with van der Waals surface area (Å²) in [5, 5.41) is 16.3. The normalized spacial score (nSPS) is 15.7. The topological polar surface area (TPSA) is 105 Å². The molecular formula is C13H16N4O4. The van der Waals surface area contributed by atoms with E-state index in [2.05, 4.69) is 10.6 Å². The maximum Gasteiger partial charge on any atom is 0.292 e. The van der Waals surface area contributed by atoms with E-state index in [9.17, 15) is 19.7 Å². The average Bonchev–Trinajstić information content (AvgIpc) is 2.39. The number of hydrogen-bond acceptors (Lipinski definition) is 6. The van der Waals surface area contributed by atoms with Gasteiger partial charge in [-0.3, -0.25) is 29.9 Å². The summed E-state index contributed by atoms with van der Waals surface area (Å²) in [6, 6.07) is 4.78. The summed E-state index contributed by atoms with van der Waals surface area (Å²) in [5.41, 5.74) is 1.11. The molecule has 1 saturated heterocycles. The number of hydrogen-bond donors (Lipinski definition) is 2. The zero-order valence-corrected chi connectivity index (χ0v) is 11.6. The Morgan fingerprint density at radius 2 is 2.00 bits per heavy atom. The Bertz CT molecular complexity index is 572. The fraction of sp³-hybridized carbons (Fsp3) is 0.385. The van der Waals surface area contributed by atoms with Gasteiger partial charge in [0.05, 0.1) is 18.0 Å². The Morgan fingerprint density at radius 1 is 1.33 bits per heavy atom. The van der Waals surface area contributed by atoms with Crippen molar-refractivity contribution in [3.05, 3.63) is 33.9 Å². The molecule has 0 spiro atoms. The molecule has 8 nitrogen and oxygen atoms in total. The minimum absolute atomic E-state index is 0.0119. The fourth-order valence-corrected chi connectivity index (χ4v) is 2.30. The Morgan fingerprint density at radius 3 is 2.57 bits per heavy atom. The van der Waals surface area contributed by atoms with Crippen LogP contribution in [-0.2, 0) is 16.1 Å². The van der Waals surface area contributed by atoms with Crippen molar-refractivity contribution in [3.63, 3.8) is 0 Å². The van der Waals surface area contributed by atoms with Gasteiger partial charge in [-0.05, 0) is 12.5 Å². The zero-order valence-electron chi connectivity index (χ0n) is 11.6. The third kappa shape index (κ3) is 3.54. The van der Waals surface area contributed by atoms with Crippen LogP contribution >= 0.6 is 0 Å². The lowest BCUT2D eigenvalue weighted by Crippen LogP contribution is -2.50. The Kier molecular flexibility index (Phi) is 4.49. The molecule has 1 aliphatic heterocycles. The molecule has 0 aromatic heterocycles. The van der Waals surface area contributed by atoms with Crippen molar-refractivity contribution in [2.45, 2.75) is 13.5 Å². The molecule has 0 atom stereocenters. The predicted octanol–water partition coefficient (Wildman–Crippen LogP) is 0.485. The molecule has 0 unspecified atom stereocenters. The highest BCUT2D eigenvalue weighted by Crippen LogP contribution is 2.29. The molecule has 0 radical (unpaired) electrons. The van der Waals surface area contributed by atoms with Crippen molar-refractivity contribution >= 4 is 23.2 Å². The van der Waals surface area contributed by atoms with Crippen LogP contribution in [0, 0.1) is 10.1 Å². The molecule has 0 saturated carbocycles. The van der Waals surface area contributed by atoms with Crippen LogP contribution in [-0.4, -0.2) is 41.3 Å². The van der Waals surface area contributed by atoms with Gasteiger partial charge >= 0.3 is 0 Å². The molecule has 2 amide bonds. The van der Waals surface area contributed by atoms with Gasteiger partial charge in [0, 0.05) is 19.2 Å². The third-order valence-electron chi connectivity index (χ3n) is 3.09. The molecule has 0 aliphatic carbocycles. The smallest absolute Gasteiger partial charge is 0.292 e. The monoisotopic (exact) mass is 292 g/mol. The number of amides is 2. The summed E-state index contributed by atoms with van der Waals surface area (Å²) in [7, 11) is 0. The van der Waals surface area contributed by atoms with Crippen molar-refractivity contribution in [1.82, 2.24) is 10.2 Å². The predicted molar refractivity (Wildman–Crippen MR) is 75.7 cm³/mol. The van der Waals surface area contributed by atoms with Crippen LogP contribution < -0.4 is 10.6 Å². The van der Waals surface area contributed by atoms with Crippen LogP contribution in [0.4, 0.5) is 11.4 Å². The number of nitrogens with zero attached hydrogens (tertiary/aromatic N) is 2. The van der Waals surface area contributed by atoms with E-state index < -0.39 is 4.92 Å². The molecule has 2 rings (SSSR count). The van der Waals surface area contributed by atoms with E-state index in [0.29, 0.717) is 24.3 Å². The van der Waals surface area contributed by atoms with E-state index in [0.717, 1.165) is 0 Å². The lowest BCUT2D eigenvalue weighted by Gasteiger charge is -2.26. The Balaban J connectivity index is 2.26. The van der Waals surface area contributed by atoms with Gasteiger partial charge < -0.3 is 5.32 Å². The largest absolute Gasteiger partial charge is 0.380 e. The van der Waals surface area contributed by atoms with E-state index >= 15 is 0 Å². The first-order valence-electron chi connectivity index (χ1n) is 6.56. The van der Waals surface area contributed by atoms with Crippen LogP contribution in [0.25, 0.3) is 0 Å². The van der Waals surface area contributed by atoms with Gasteiger partial charge in [0.15, 0.2) is 0 Å². The SMILES string of the molecule is CCNc1c(CN2CC(=O)NC(=O)C2)cccc1[N+](=O)[O-]. The van der Waals surface area contributed by atoms with Gasteiger partial charge in [-0.15, -0.1) is 0 Å². The number of imide groups is 1. The first-order chi connectivity index (χ1) is 10.0. The molecule has 1 aromatic rings. The highest BCUT2D eigenvalue weighted by molar-refractivity contribution is 5.99. The number of piperazine rings is 1. The minimum Gasteiger partial charge on any atom is -0.380 e. The summed E-state index contributed by atoms with van der Waals surface area (Å²) in [6.07, 6.45) is 0. The number of carbonyl (C=O) groups is 2. The standard InChI is InChI=1S/C13H16N4O4/c1-2-14-13-9(4-3-5-10(13)17(20)21)6-16-7-11(18)15-12(19)8-16/h3-5,14H,2,6-8H2,1H3,(H,15,18,19). The Labute approximate surface area is 121 Å². The van der Waals surface area contributed by atoms with Crippen LogP contribution in [0.3, 0.4) is 0 Å². The van der Waals surface area contributed by atoms with Gasteiger partial charge in [-0.25, -0.2) is 0 Å². The number of rotatable bonds is 5. The van der Waals surface area contributed by atoms with E-state index in [1.54, 1.807) is 17.0 Å². The number of anilines is 1. The summed E-state index contributed by atoms with van der Waals surface area (Å²) in [4.78, 5) is 35.0. The van der Waals surface area contributed by atoms with E-state index in [-0.39, 0.29) is 30.6 Å². The second-order valence-corrected chi connectivity index (χ2v) is 4.72. The number of nitro benzene ring substituents is 1. The molecule has 112 valence electrons. The molecule has 0 bridgehead atoms. The van der Waals surface area contributed by atoms with Crippen LogP contribution in [0.15, 0.2) is 18.2 Å². The maximum absolute atomic E-state index is 11.4. The van der Waals surface area contributed by atoms with Gasteiger partial charge in [-0.2, -0.15) is 0 Å². The van der Waals surface area contributed by atoms with Gasteiger partial charge in [0.25, 0.3) is 5.69 Å². The summed E-state index contributed by atoms with van der Waals surface area (Å²) < 4.78 is 0. The zero-order chi connectivity index (χ0) is 15.4. The molecule has 8 heteroatoms. The van der Waals surface area contributed by atoms with Crippen molar-refractivity contribution < 1.29 is 14.5 Å². The molecule has 1 heterocycles. The van der Waals surface area contributed by atoms with E-state index in [4.69, 9.17) is 0 Å². The second kappa shape index (κ2) is 6.31. The molecular weight excluding hydrogens is 276 g/mol. The van der Waals surface area contributed by atoms with Gasteiger partial charge in [-0.1, -0.05) is 12.1 Å². The van der Waals surface area contributed by atoms with Gasteiger partial charge in [0.2, 0.25) is 11.8 Å². The molecule has 1 aliphatic rings. The minimum atomic E-state index is -0.449. The second-order valence-electron chi connectivity index (χ2n) is 4.72. The van der Waals surface area contributed by atoms with Crippen LogP contribution in [0.2, 0.25) is 0 Å². The lowest BCUT2D eigenvalue weighted by atomic mass is 10.1. The summed E-state index contributed by atoms with van der Waals surface area (Å²) in [5.74, 6) is -0.719. The summed E-state index contributed by atoms with van der Waals surface area (Å²) >= 11 is 0. The summed E-state index contributed by atoms with van der Waals surface area (Å²) in [6.45, 7) is 2.87. The van der Waals surface area contributed by atoms with E-state index in [1.807, 2.05) is 6.92 Å². The highest BCUT2D eigenvalue weighted by Gasteiger charge is 2.24. The lowest BCUT2D eigenvalue weighted by molar-refractivity contribution is -0.384. The number of nitro groups is 1. The third-order valence-corrected chi connectivity index (χ3v) is 3.09. The number of benzene rings is 1. The number of carbonyl (C=O) groups excluding carboxylic acids is 2. The Hall–Kier alpha value is -2.48. The van der Waals surface area contributed by atoms with Crippen LogP contribution in [0.5, 0.6) is 0 Å². The maximum atomic E-state index is 11.4. The molecule has 2 N–H and O–H groups in total.